The summed E-state index contributed by atoms with van der Waals surface area (Å²) >= 11 is 0. The number of carbonyl (C=O) groups excluding carboxylic acids is 2. The molecule has 6 nitrogen and oxygen atoms in total. The van der Waals surface area contributed by atoms with Crippen molar-refractivity contribution in [3.63, 3.8) is 0 Å². The first-order valence-corrected chi connectivity index (χ1v) is 9.00. The topological polar surface area (TPSA) is 62.7 Å². The van der Waals surface area contributed by atoms with E-state index in [1.807, 2.05) is 13.8 Å². The van der Waals surface area contributed by atoms with Gasteiger partial charge in [0.2, 0.25) is 11.8 Å². The molecule has 1 aromatic carbocycles. The van der Waals surface area contributed by atoms with E-state index in [0.29, 0.717) is 30.6 Å². The van der Waals surface area contributed by atoms with Crippen LogP contribution in [0, 0.1) is 0 Å². The summed E-state index contributed by atoms with van der Waals surface area (Å²) in [6.07, 6.45) is -3.78. The minimum absolute atomic E-state index is 0.000913. The molecule has 156 valence electrons. The van der Waals surface area contributed by atoms with Crippen LogP contribution < -0.4 is 4.74 Å². The molecule has 2 rings (SSSR count). The van der Waals surface area contributed by atoms with Gasteiger partial charge in [-0.1, -0.05) is 0 Å². The van der Waals surface area contributed by atoms with Crippen LogP contribution in [0.1, 0.15) is 29.8 Å². The summed E-state index contributed by atoms with van der Waals surface area (Å²) in [6.45, 7) is 4.85. The molecule has 1 aromatic heterocycles. The van der Waals surface area contributed by atoms with Gasteiger partial charge >= 0.3 is 6.18 Å². The van der Waals surface area contributed by atoms with E-state index < -0.39 is 11.7 Å². The Balaban J connectivity index is 2.00. The zero-order chi connectivity index (χ0) is 21.6. The van der Waals surface area contributed by atoms with E-state index in [4.69, 9.17) is 4.74 Å². The van der Waals surface area contributed by atoms with E-state index in [1.54, 1.807) is 11.9 Å². The van der Waals surface area contributed by atoms with Crippen molar-refractivity contribution in [3.8, 4) is 11.6 Å². The number of halogens is 3. The molecular weight excluding hydrogens is 387 g/mol. The summed E-state index contributed by atoms with van der Waals surface area (Å²) in [7, 11) is 1.54. The highest BCUT2D eigenvalue weighted by Crippen LogP contribution is 2.30. The van der Waals surface area contributed by atoms with E-state index in [-0.39, 0.29) is 24.2 Å². The molecule has 2 aromatic rings. The van der Waals surface area contributed by atoms with Crippen LogP contribution in [-0.4, -0.2) is 53.3 Å². The number of pyridine rings is 1. The van der Waals surface area contributed by atoms with E-state index in [0.717, 1.165) is 12.1 Å². The summed E-state index contributed by atoms with van der Waals surface area (Å²) in [5, 5.41) is 0. The van der Waals surface area contributed by atoms with Gasteiger partial charge in [0.15, 0.2) is 0 Å². The third kappa shape index (κ3) is 5.94. The number of amides is 2. The third-order valence-electron chi connectivity index (χ3n) is 4.22. The van der Waals surface area contributed by atoms with Gasteiger partial charge in [0.1, 0.15) is 5.75 Å². The van der Waals surface area contributed by atoms with Gasteiger partial charge < -0.3 is 14.5 Å². The SMILES string of the molecule is CCN(CC)C(=O)CN(C)C(=O)c1ccc(Oc2ccc(C(F)(F)F)cn2)cc1. The molecule has 0 saturated carbocycles. The molecule has 0 atom stereocenters. The first-order chi connectivity index (χ1) is 13.7. The normalized spacial score (nSPS) is 11.1. The highest BCUT2D eigenvalue weighted by Gasteiger charge is 2.30. The van der Waals surface area contributed by atoms with Crippen LogP contribution in [0.5, 0.6) is 11.6 Å². The number of nitrogens with zero attached hydrogens (tertiary/aromatic N) is 3. The Hall–Kier alpha value is -3.10. The maximum Gasteiger partial charge on any atom is 0.417 e. The van der Waals surface area contributed by atoms with Gasteiger partial charge in [-0.3, -0.25) is 9.59 Å². The van der Waals surface area contributed by atoms with Crippen LogP contribution in [0.15, 0.2) is 42.6 Å². The molecule has 2 amide bonds. The van der Waals surface area contributed by atoms with Crippen molar-refractivity contribution in [1.29, 1.82) is 0 Å². The number of hydrogen-bond donors (Lipinski definition) is 0. The maximum absolute atomic E-state index is 12.6. The molecule has 0 bridgehead atoms. The number of rotatable bonds is 7. The lowest BCUT2D eigenvalue weighted by molar-refractivity contribution is -0.137. The van der Waals surface area contributed by atoms with Crippen molar-refractivity contribution < 1.29 is 27.5 Å². The Morgan fingerprint density at radius 2 is 1.66 bits per heavy atom. The van der Waals surface area contributed by atoms with Crippen molar-refractivity contribution in [1.82, 2.24) is 14.8 Å². The predicted molar refractivity (Wildman–Crippen MR) is 101 cm³/mol. The van der Waals surface area contributed by atoms with Crippen LogP contribution in [0.3, 0.4) is 0 Å². The Bertz CT molecular complexity index is 833. The Kier molecular flexibility index (Phi) is 7.19. The number of alkyl halides is 3. The Morgan fingerprint density at radius 3 is 2.14 bits per heavy atom. The Labute approximate surface area is 166 Å². The van der Waals surface area contributed by atoms with Crippen LogP contribution >= 0.6 is 0 Å². The van der Waals surface area contributed by atoms with Crippen LogP contribution in [0.2, 0.25) is 0 Å². The summed E-state index contributed by atoms with van der Waals surface area (Å²) in [6, 6.07) is 8.04. The monoisotopic (exact) mass is 409 g/mol. The molecule has 0 aliphatic carbocycles. The van der Waals surface area contributed by atoms with Crippen molar-refractivity contribution in [2.75, 3.05) is 26.7 Å². The second kappa shape index (κ2) is 9.40. The maximum atomic E-state index is 12.6. The first-order valence-electron chi connectivity index (χ1n) is 9.00. The van der Waals surface area contributed by atoms with Gasteiger partial charge in [-0.15, -0.1) is 0 Å². The van der Waals surface area contributed by atoms with Crippen LogP contribution in [0.4, 0.5) is 13.2 Å². The molecule has 0 aliphatic rings. The van der Waals surface area contributed by atoms with E-state index in [9.17, 15) is 22.8 Å². The van der Waals surface area contributed by atoms with Crippen molar-refractivity contribution >= 4 is 11.8 Å². The second-order valence-corrected chi connectivity index (χ2v) is 6.24. The van der Waals surface area contributed by atoms with Gasteiger partial charge in [-0.2, -0.15) is 13.2 Å². The molecule has 0 fully saturated rings. The highest BCUT2D eigenvalue weighted by molar-refractivity contribution is 5.96. The summed E-state index contributed by atoms with van der Waals surface area (Å²) < 4.78 is 43.1. The molecule has 0 spiro atoms. The molecule has 1 heterocycles. The second-order valence-electron chi connectivity index (χ2n) is 6.24. The molecule has 29 heavy (non-hydrogen) atoms. The number of aromatic nitrogens is 1. The molecule has 0 unspecified atom stereocenters. The largest absolute Gasteiger partial charge is 0.439 e. The lowest BCUT2D eigenvalue weighted by Crippen LogP contribution is -2.41. The zero-order valence-corrected chi connectivity index (χ0v) is 16.4. The van der Waals surface area contributed by atoms with Gasteiger partial charge in [0.25, 0.3) is 5.91 Å². The summed E-state index contributed by atoms with van der Waals surface area (Å²) in [5.74, 6) is -0.154. The van der Waals surface area contributed by atoms with E-state index >= 15 is 0 Å². The average molecular weight is 409 g/mol. The molecule has 0 radical (unpaired) electrons. The van der Waals surface area contributed by atoms with Gasteiger partial charge in [-0.05, 0) is 44.2 Å². The molecule has 0 N–H and O–H groups in total. The summed E-state index contributed by atoms with van der Waals surface area (Å²) in [4.78, 5) is 31.2. The lowest BCUT2D eigenvalue weighted by atomic mass is 10.2. The first kappa shape index (κ1) is 22.2. The van der Waals surface area contributed by atoms with Crippen LogP contribution in [0.25, 0.3) is 0 Å². The minimum Gasteiger partial charge on any atom is -0.439 e. The van der Waals surface area contributed by atoms with Crippen LogP contribution in [-0.2, 0) is 11.0 Å². The fourth-order valence-corrected chi connectivity index (χ4v) is 2.57. The quantitative estimate of drug-likeness (QED) is 0.697. The molecule has 0 aliphatic heterocycles. The lowest BCUT2D eigenvalue weighted by Gasteiger charge is -2.23. The van der Waals surface area contributed by atoms with E-state index in [2.05, 4.69) is 4.98 Å². The number of carbonyl (C=O) groups is 2. The Morgan fingerprint density at radius 1 is 1.03 bits per heavy atom. The molecule has 0 saturated heterocycles. The molecule has 9 heteroatoms. The third-order valence-corrected chi connectivity index (χ3v) is 4.22. The zero-order valence-electron chi connectivity index (χ0n) is 16.4. The smallest absolute Gasteiger partial charge is 0.417 e. The fraction of sp³-hybridized carbons (Fsp3) is 0.350. The number of ether oxygens (including phenoxy) is 1. The number of hydrogen-bond acceptors (Lipinski definition) is 4. The highest BCUT2D eigenvalue weighted by atomic mass is 19.4. The fourth-order valence-electron chi connectivity index (χ4n) is 2.57. The van der Waals surface area contributed by atoms with Crippen molar-refractivity contribution in [3.05, 3.63) is 53.7 Å². The van der Waals surface area contributed by atoms with Gasteiger partial charge in [0.05, 0.1) is 12.1 Å². The number of benzene rings is 1. The standard InChI is InChI=1S/C20H22F3N3O3/c1-4-26(5-2)18(27)13-25(3)19(28)14-6-9-16(10-7-14)29-17-11-8-15(12-24-17)20(21,22)23/h6-12H,4-5,13H2,1-3H3. The minimum atomic E-state index is -4.47. The van der Waals surface area contributed by atoms with Crippen molar-refractivity contribution in [2.24, 2.45) is 0 Å². The molecular formula is C20H22F3N3O3. The number of likely N-dealkylation sites (N-methyl/N-ethyl adjacent to an activating group) is 2. The predicted octanol–water partition coefficient (Wildman–Crippen LogP) is 3.83. The van der Waals surface area contributed by atoms with E-state index in [1.165, 1.54) is 29.2 Å². The average Bonchev–Trinajstić information content (AvgIpc) is 2.68. The summed E-state index contributed by atoms with van der Waals surface area (Å²) in [5.41, 5.74) is -0.513. The van der Waals surface area contributed by atoms with Gasteiger partial charge in [0, 0.05) is 38.0 Å². The van der Waals surface area contributed by atoms with Gasteiger partial charge in [-0.25, -0.2) is 4.98 Å². The van der Waals surface area contributed by atoms with Crippen molar-refractivity contribution in [2.45, 2.75) is 20.0 Å².